The summed E-state index contributed by atoms with van der Waals surface area (Å²) in [5.74, 6) is 4.32. The maximum Gasteiger partial charge on any atom is 0.0302 e. The van der Waals surface area contributed by atoms with Crippen molar-refractivity contribution in [3.63, 3.8) is 0 Å². The first-order chi connectivity index (χ1) is 6.39. The molecule has 0 N–H and O–H groups in total. The molecule has 1 aromatic carbocycles. The van der Waals surface area contributed by atoms with E-state index >= 15 is 0 Å². The summed E-state index contributed by atoms with van der Waals surface area (Å²) in [4.78, 5) is 0.838. The Morgan fingerprint density at radius 3 is 2.14 bits per heavy atom. The van der Waals surface area contributed by atoms with E-state index in [9.17, 15) is 4.21 Å². The predicted molar refractivity (Wildman–Crippen MR) is 64.4 cm³/mol. The van der Waals surface area contributed by atoms with Gasteiger partial charge in [0.25, 0.3) is 0 Å². The summed E-state index contributed by atoms with van der Waals surface area (Å²) in [5, 5.41) is 0. The fourth-order valence-electron chi connectivity index (χ4n) is 1.38. The normalized spacial score (nSPS) is 15.4. The molecular formula is C12H18OS. The molecule has 0 aromatic heterocycles. The second-order valence-electron chi connectivity index (χ2n) is 4.25. The van der Waals surface area contributed by atoms with E-state index in [0.717, 1.165) is 11.3 Å². The molecule has 0 saturated heterocycles. The maximum atomic E-state index is 11.6. The molecule has 1 atom stereocenters. The Morgan fingerprint density at radius 2 is 1.79 bits per heavy atom. The van der Waals surface area contributed by atoms with Crippen LogP contribution in [0.2, 0.25) is 0 Å². The Hall–Kier alpha value is -0.760. The molecule has 0 amide bonds. The van der Waals surface area contributed by atoms with Gasteiger partial charge in [-0.15, -0.1) is 0 Å². The van der Waals surface area contributed by atoms with Crippen LogP contribution in [0.3, 0.4) is 0 Å². The highest BCUT2D eigenvalue weighted by Gasteiger charge is 2.01. The molecule has 14 heavy (non-hydrogen) atoms. The quantitative estimate of drug-likeness (QED) is 0.701. The van der Waals surface area contributed by atoms with Crippen molar-refractivity contribution in [2.75, 3.05) is 6.26 Å². The Morgan fingerprint density at radius 1 is 1.29 bits per heavy atom. The minimum absolute atomic E-state index is 0.659. The lowest BCUT2D eigenvalue weighted by Crippen LogP contribution is -1.98. The number of hydrogen-bond acceptors (Lipinski definition) is 1. The largest absolute Gasteiger partial charge is 0.263 e. The van der Waals surface area contributed by atoms with Gasteiger partial charge in [0.1, 0.15) is 0 Å². The van der Waals surface area contributed by atoms with E-state index in [-0.39, 0.29) is 0 Å². The summed E-state index contributed by atoms with van der Waals surface area (Å²) in [7, 11) is -2.05. The molecule has 0 fully saturated rings. The van der Waals surface area contributed by atoms with Crippen molar-refractivity contribution < 1.29 is 4.21 Å². The molecule has 0 radical (unpaired) electrons. The van der Waals surface area contributed by atoms with Crippen LogP contribution in [0.4, 0.5) is 0 Å². The Bertz CT molecular complexity index is 385. The first kappa shape index (κ1) is 11.3. The van der Waals surface area contributed by atoms with Crippen molar-refractivity contribution >= 4 is 15.4 Å². The van der Waals surface area contributed by atoms with Crippen LogP contribution in [-0.2, 0) is 15.9 Å². The van der Waals surface area contributed by atoms with E-state index in [1.54, 1.807) is 6.26 Å². The third-order valence-corrected chi connectivity index (χ3v) is 3.34. The summed E-state index contributed by atoms with van der Waals surface area (Å²) < 4.78 is 11.6. The van der Waals surface area contributed by atoms with E-state index in [4.69, 9.17) is 0 Å². The van der Waals surface area contributed by atoms with Crippen LogP contribution in [0.15, 0.2) is 29.2 Å². The predicted octanol–water partition coefficient (Wildman–Crippen LogP) is 2.59. The third-order valence-electron chi connectivity index (χ3n) is 2.07. The van der Waals surface area contributed by atoms with Crippen molar-refractivity contribution in [1.29, 1.82) is 0 Å². The molecule has 1 rings (SSSR count). The minimum atomic E-state index is -2.05. The average molecular weight is 210 g/mol. The zero-order valence-corrected chi connectivity index (χ0v) is 9.93. The standard InChI is InChI=1S/C12H18OS/c1-10(2)9-11-5-7-12(8-6-11)14(3,4)13/h5-8,10H,3,9H2,1-2,4H3. The van der Waals surface area contributed by atoms with Gasteiger partial charge < -0.3 is 0 Å². The van der Waals surface area contributed by atoms with Gasteiger partial charge in [-0.1, -0.05) is 26.0 Å². The van der Waals surface area contributed by atoms with Crippen molar-refractivity contribution in [1.82, 2.24) is 0 Å². The zero-order chi connectivity index (χ0) is 10.8. The molecule has 0 aliphatic rings. The summed E-state index contributed by atoms with van der Waals surface area (Å²) in [6.07, 6.45) is 2.74. The van der Waals surface area contributed by atoms with E-state index in [1.165, 1.54) is 5.56 Å². The van der Waals surface area contributed by atoms with Crippen molar-refractivity contribution in [2.24, 2.45) is 5.92 Å². The van der Waals surface area contributed by atoms with Crippen molar-refractivity contribution in [2.45, 2.75) is 25.2 Å². The molecule has 0 aliphatic carbocycles. The lowest BCUT2D eigenvalue weighted by Gasteiger charge is -2.07. The fraction of sp³-hybridized carbons (Fsp3) is 0.417. The van der Waals surface area contributed by atoms with E-state index in [1.807, 2.05) is 24.3 Å². The van der Waals surface area contributed by atoms with Crippen LogP contribution in [0, 0.1) is 5.92 Å². The second-order valence-corrected chi connectivity index (χ2v) is 6.73. The Balaban J connectivity index is 2.90. The molecule has 1 nitrogen and oxygen atoms in total. The summed E-state index contributed by atoms with van der Waals surface area (Å²) in [6, 6.07) is 7.94. The number of benzene rings is 1. The van der Waals surface area contributed by atoms with Crippen LogP contribution in [0.1, 0.15) is 19.4 Å². The molecule has 0 saturated carbocycles. The van der Waals surface area contributed by atoms with Crippen LogP contribution >= 0.6 is 0 Å². The van der Waals surface area contributed by atoms with Crippen LogP contribution in [0.5, 0.6) is 0 Å². The van der Waals surface area contributed by atoms with Gasteiger partial charge in [0.05, 0.1) is 0 Å². The van der Waals surface area contributed by atoms with E-state index < -0.39 is 9.52 Å². The molecule has 0 bridgehead atoms. The van der Waals surface area contributed by atoms with Gasteiger partial charge in [-0.25, -0.2) is 0 Å². The van der Waals surface area contributed by atoms with Crippen molar-refractivity contribution in [3.05, 3.63) is 29.8 Å². The SMILES string of the molecule is C=S(C)(=O)c1ccc(CC(C)C)cc1. The summed E-state index contributed by atoms with van der Waals surface area (Å²) in [5.41, 5.74) is 1.30. The second kappa shape index (κ2) is 4.18. The van der Waals surface area contributed by atoms with Gasteiger partial charge in [0.15, 0.2) is 0 Å². The maximum absolute atomic E-state index is 11.6. The lowest BCUT2D eigenvalue weighted by molar-refractivity contribution is 0.647. The van der Waals surface area contributed by atoms with Crippen LogP contribution in [-0.4, -0.2) is 16.3 Å². The zero-order valence-electron chi connectivity index (χ0n) is 9.12. The molecular weight excluding hydrogens is 192 g/mol. The molecule has 78 valence electrons. The van der Waals surface area contributed by atoms with Gasteiger partial charge in [0.2, 0.25) is 0 Å². The molecule has 1 aromatic rings. The van der Waals surface area contributed by atoms with Crippen LogP contribution in [0.25, 0.3) is 0 Å². The van der Waals surface area contributed by atoms with Gasteiger partial charge in [0, 0.05) is 11.2 Å². The van der Waals surface area contributed by atoms with E-state index in [0.29, 0.717) is 5.92 Å². The van der Waals surface area contributed by atoms with Crippen molar-refractivity contribution in [3.8, 4) is 0 Å². The smallest absolute Gasteiger partial charge is 0.0302 e. The molecule has 0 heterocycles. The van der Waals surface area contributed by atoms with Gasteiger partial charge in [-0.3, -0.25) is 4.21 Å². The lowest BCUT2D eigenvalue weighted by atomic mass is 10.0. The number of hydrogen-bond donors (Lipinski definition) is 0. The fourth-order valence-corrected chi connectivity index (χ4v) is 2.10. The summed E-state index contributed by atoms with van der Waals surface area (Å²) in [6.45, 7) is 4.39. The highest BCUT2D eigenvalue weighted by molar-refractivity contribution is 7.99. The molecule has 1 unspecified atom stereocenters. The average Bonchev–Trinajstić information content (AvgIpc) is 2.02. The van der Waals surface area contributed by atoms with Gasteiger partial charge >= 0.3 is 0 Å². The van der Waals surface area contributed by atoms with Crippen LogP contribution < -0.4 is 0 Å². The Kier molecular flexibility index (Phi) is 3.38. The number of rotatable bonds is 3. The Labute approximate surface area is 87.2 Å². The summed E-state index contributed by atoms with van der Waals surface area (Å²) >= 11 is 0. The highest BCUT2D eigenvalue weighted by atomic mass is 32.2. The topological polar surface area (TPSA) is 17.1 Å². The molecule has 0 aliphatic heterocycles. The highest BCUT2D eigenvalue weighted by Crippen LogP contribution is 2.13. The monoisotopic (exact) mass is 210 g/mol. The van der Waals surface area contributed by atoms with Gasteiger partial charge in [-0.2, -0.15) is 0 Å². The minimum Gasteiger partial charge on any atom is -0.263 e. The molecule has 0 spiro atoms. The first-order valence-electron chi connectivity index (χ1n) is 4.81. The van der Waals surface area contributed by atoms with E-state index in [2.05, 4.69) is 19.7 Å². The van der Waals surface area contributed by atoms with Gasteiger partial charge in [-0.05, 0) is 45.4 Å². The molecule has 2 heteroatoms. The first-order valence-corrected chi connectivity index (χ1v) is 6.94. The third kappa shape index (κ3) is 3.18.